The molecule has 1 aliphatic carbocycles. The van der Waals surface area contributed by atoms with Crippen molar-refractivity contribution in [3.63, 3.8) is 0 Å². The van der Waals surface area contributed by atoms with E-state index in [1.165, 1.54) is 6.07 Å². The molecular weight excluding hydrogens is 382 g/mol. The van der Waals surface area contributed by atoms with Gasteiger partial charge in [-0.05, 0) is 25.1 Å². The standard InChI is InChI=1S/C24H17NO5/c1-14-6-4-7-15(12-14)24(29)30-13-20(26)25-19-11-5-10-18-21(19)23(28)17-9-3-2-8-16(17)22(18)27/h2-12H,13H2,1H3,(H,25,26). The maximum Gasteiger partial charge on any atom is 0.338 e. The van der Waals surface area contributed by atoms with Crippen LogP contribution < -0.4 is 5.32 Å². The monoisotopic (exact) mass is 399 g/mol. The summed E-state index contributed by atoms with van der Waals surface area (Å²) in [5.41, 5.74) is 2.45. The number of fused-ring (bicyclic) bond motifs is 2. The second-order valence-corrected chi connectivity index (χ2v) is 6.93. The van der Waals surface area contributed by atoms with E-state index in [1.807, 2.05) is 13.0 Å². The first-order valence-corrected chi connectivity index (χ1v) is 9.31. The summed E-state index contributed by atoms with van der Waals surface area (Å²) < 4.78 is 5.06. The van der Waals surface area contributed by atoms with E-state index in [2.05, 4.69) is 5.32 Å². The number of rotatable bonds is 4. The molecule has 0 saturated heterocycles. The molecular formula is C24H17NO5. The van der Waals surface area contributed by atoms with E-state index in [1.54, 1.807) is 54.6 Å². The molecule has 1 amide bonds. The molecule has 6 heteroatoms. The van der Waals surface area contributed by atoms with E-state index in [-0.39, 0.29) is 28.4 Å². The average molecular weight is 399 g/mol. The first kappa shape index (κ1) is 19.3. The Labute approximate surface area is 172 Å². The van der Waals surface area contributed by atoms with Crippen molar-refractivity contribution in [2.24, 2.45) is 0 Å². The molecule has 0 spiro atoms. The van der Waals surface area contributed by atoms with Crippen LogP contribution in [0.4, 0.5) is 5.69 Å². The van der Waals surface area contributed by atoms with Crippen LogP contribution in [0.2, 0.25) is 0 Å². The molecule has 0 fully saturated rings. The molecule has 0 aromatic heterocycles. The van der Waals surface area contributed by atoms with Gasteiger partial charge in [0.1, 0.15) is 0 Å². The van der Waals surface area contributed by atoms with E-state index >= 15 is 0 Å². The number of anilines is 1. The van der Waals surface area contributed by atoms with Gasteiger partial charge in [0.05, 0.1) is 16.8 Å². The molecule has 0 atom stereocenters. The second kappa shape index (κ2) is 7.75. The van der Waals surface area contributed by atoms with Crippen LogP contribution in [0, 0.1) is 6.92 Å². The van der Waals surface area contributed by atoms with Crippen LogP contribution in [0.1, 0.15) is 47.8 Å². The van der Waals surface area contributed by atoms with Crippen LogP contribution in [0.5, 0.6) is 0 Å². The van der Waals surface area contributed by atoms with Crippen molar-refractivity contribution in [3.05, 3.63) is 100 Å². The van der Waals surface area contributed by atoms with E-state index < -0.39 is 18.5 Å². The van der Waals surface area contributed by atoms with Crippen molar-refractivity contribution < 1.29 is 23.9 Å². The predicted molar refractivity (Wildman–Crippen MR) is 110 cm³/mol. The van der Waals surface area contributed by atoms with Gasteiger partial charge >= 0.3 is 5.97 Å². The van der Waals surface area contributed by atoms with Crippen molar-refractivity contribution in [2.45, 2.75) is 6.92 Å². The Bertz CT molecular complexity index is 1210. The van der Waals surface area contributed by atoms with Gasteiger partial charge in [0.15, 0.2) is 18.2 Å². The summed E-state index contributed by atoms with van der Waals surface area (Å²) in [6.45, 7) is 1.33. The molecule has 6 nitrogen and oxygen atoms in total. The minimum Gasteiger partial charge on any atom is -0.452 e. The van der Waals surface area contributed by atoms with Crippen LogP contribution >= 0.6 is 0 Å². The third-order valence-electron chi connectivity index (χ3n) is 4.81. The minimum atomic E-state index is -0.621. The first-order chi connectivity index (χ1) is 14.5. The topological polar surface area (TPSA) is 89.5 Å². The van der Waals surface area contributed by atoms with Gasteiger partial charge in [0.2, 0.25) is 0 Å². The summed E-state index contributed by atoms with van der Waals surface area (Å²) in [6, 6.07) is 18.1. The Hall–Kier alpha value is -4.06. The molecule has 30 heavy (non-hydrogen) atoms. The molecule has 3 aromatic rings. The van der Waals surface area contributed by atoms with Crippen molar-refractivity contribution in [3.8, 4) is 0 Å². The summed E-state index contributed by atoms with van der Waals surface area (Å²) in [5, 5.41) is 2.58. The smallest absolute Gasteiger partial charge is 0.338 e. The van der Waals surface area contributed by atoms with Gasteiger partial charge in [0, 0.05) is 16.7 Å². The van der Waals surface area contributed by atoms with Gasteiger partial charge in [-0.15, -0.1) is 0 Å². The Morgan fingerprint density at radius 3 is 2.23 bits per heavy atom. The van der Waals surface area contributed by atoms with Crippen LogP contribution in [-0.4, -0.2) is 30.0 Å². The van der Waals surface area contributed by atoms with Crippen molar-refractivity contribution >= 4 is 29.1 Å². The summed E-state index contributed by atoms with van der Waals surface area (Å²) in [6.07, 6.45) is 0. The molecule has 0 saturated carbocycles. The third-order valence-corrected chi connectivity index (χ3v) is 4.81. The third kappa shape index (κ3) is 3.51. The Balaban J connectivity index is 1.52. The zero-order chi connectivity index (χ0) is 21.3. The molecule has 3 aromatic carbocycles. The van der Waals surface area contributed by atoms with E-state index in [4.69, 9.17) is 4.74 Å². The van der Waals surface area contributed by atoms with Gasteiger partial charge in [0.25, 0.3) is 5.91 Å². The summed E-state index contributed by atoms with van der Waals surface area (Å²) in [5.74, 6) is -1.84. The van der Waals surface area contributed by atoms with Crippen LogP contribution in [0.25, 0.3) is 0 Å². The normalized spacial score (nSPS) is 12.0. The molecule has 0 unspecified atom stereocenters. The van der Waals surface area contributed by atoms with Gasteiger partial charge in [-0.25, -0.2) is 4.79 Å². The zero-order valence-electron chi connectivity index (χ0n) is 16.1. The molecule has 1 aliphatic rings. The highest BCUT2D eigenvalue weighted by molar-refractivity contribution is 6.30. The highest BCUT2D eigenvalue weighted by Gasteiger charge is 2.31. The second-order valence-electron chi connectivity index (χ2n) is 6.93. The SMILES string of the molecule is Cc1cccc(C(=O)OCC(=O)Nc2cccc3c2C(=O)c2ccccc2C3=O)c1. The van der Waals surface area contributed by atoms with Crippen molar-refractivity contribution in [1.82, 2.24) is 0 Å². The fourth-order valence-electron chi connectivity index (χ4n) is 3.42. The minimum absolute atomic E-state index is 0.138. The number of hydrogen-bond donors (Lipinski definition) is 1. The quantitative estimate of drug-likeness (QED) is 0.530. The Morgan fingerprint density at radius 2 is 1.50 bits per heavy atom. The fraction of sp³-hybridized carbons (Fsp3) is 0.0833. The fourth-order valence-corrected chi connectivity index (χ4v) is 3.42. The lowest BCUT2D eigenvalue weighted by atomic mass is 9.83. The highest BCUT2D eigenvalue weighted by Crippen LogP contribution is 2.31. The summed E-state index contributed by atoms with van der Waals surface area (Å²) >= 11 is 0. The average Bonchev–Trinajstić information content (AvgIpc) is 2.75. The molecule has 148 valence electrons. The number of carbonyl (C=O) groups is 4. The first-order valence-electron chi connectivity index (χ1n) is 9.31. The number of ether oxygens (including phenoxy) is 1. The van der Waals surface area contributed by atoms with Crippen LogP contribution in [-0.2, 0) is 9.53 Å². The number of ketones is 2. The Kier molecular flexibility index (Phi) is 4.98. The zero-order valence-corrected chi connectivity index (χ0v) is 16.1. The number of hydrogen-bond acceptors (Lipinski definition) is 5. The maximum atomic E-state index is 12.9. The van der Waals surface area contributed by atoms with Crippen LogP contribution in [0.3, 0.4) is 0 Å². The van der Waals surface area contributed by atoms with Crippen molar-refractivity contribution in [2.75, 3.05) is 11.9 Å². The molecule has 0 bridgehead atoms. The molecule has 1 N–H and O–H groups in total. The van der Waals surface area contributed by atoms with Crippen molar-refractivity contribution in [1.29, 1.82) is 0 Å². The molecule has 0 radical (unpaired) electrons. The lowest BCUT2D eigenvalue weighted by Crippen LogP contribution is -2.26. The lowest BCUT2D eigenvalue weighted by Gasteiger charge is -2.20. The number of amides is 1. The van der Waals surface area contributed by atoms with Gasteiger partial charge in [-0.3, -0.25) is 14.4 Å². The molecule has 0 aliphatic heterocycles. The Morgan fingerprint density at radius 1 is 0.833 bits per heavy atom. The lowest BCUT2D eigenvalue weighted by molar-refractivity contribution is -0.119. The van der Waals surface area contributed by atoms with Gasteiger partial charge in [-0.1, -0.05) is 54.1 Å². The summed E-state index contributed by atoms with van der Waals surface area (Å²) in [7, 11) is 0. The van der Waals surface area contributed by atoms with E-state index in [9.17, 15) is 19.2 Å². The number of aryl methyl sites for hydroxylation is 1. The number of carbonyl (C=O) groups excluding carboxylic acids is 4. The predicted octanol–water partition coefficient (Wildman–Crippen LogP) is 3.57. The van der Waals surface area contributed by atoms with Gasteiger partial charge < -0.3 is 10.1 Å². The molecule has 4 rings (SSSR count). The number of benzene rings is 3. The van der Waals surface area contributed by atoms with Crippen LogP contribution in [0.15, 0.2) is 66.7 Å². The largest absolute Gasteiger partial charge is 0.452 e. The van der Waals surface area contributed by atoms with E-state index in [0.29, 0.717) is 16.7 Å². The molecule has 0 heterocycles. The summed E-state index contributed by atoms with van der Waals surface area (Å²) in [4.78, 5) is 50.2. The highest BCUT2D eigenvalue weighted by atomic mass is 16.5. The number of esters is 1. The van der Waals surface area contributed by atoms with E-state index in [0.717, 1.165) is 5.56 Å². The number of nitrogens with one attached hydrogen (secondary N) is 1. The van der Waals surface area contributed by atoms with Gasteiger partial charge in [-0.2, -0.15) is 0 Å². The maximum absolute atomic E-state index is 12.9.